The number of ether oxygens (including phenoxy) is 1. The van der Waals surface area contributed by atoms with Gasteiger partial charge in [-0.05, 0) is 32.1 Å². The largest absolute Gasteiger partial charge is 0.392 e. The molecule has 0 radical (unpaired) electrons. The molecule has 128 valence electrons. The summed E-state index contributed by atoms with van der Waals surface area (Å²) in [4.78, 5) is 22.0. The van der Waals surface area contributed by atoms with E-state index in [1.165, 1.54) is 44.9 Å². The molecular formula is C18H31ClO3. The molecule has 0 aromatic carbocycles. The lowest BCUT2D eigenvalue weighted by molar-refractivity contribution is -0.157. The predicted octanol–water partition coefficient (Wildman–Crippen LogP) is 5.55. The highest BCUT2D eigenvalue weighted by Crippen LogP contribution is 2.09. The Morgan fingerprint density at radius 1 is 0.818 bits per heavy atom. The maximum absolute atomic E-state index is 11.2. The molecule has 0 aliphatic rings. The molecule has 0 aliphatic carbocycles. The molecule has 0 spiro atoms. The molecule has 0 amide bonds. The monoisotopic (exact) mass is 330 g/mol. The highest BCUT2D eigenvalue weighted by molar-refractivity contribution is 6.27. The van der Waals surface area contributed by atoms with Crippen molar-refractivity contribution in [1.82, 2.24) is 0 Å². The SMILES string of the molecule is CCCCCC/C=C\CCCCCCCC(=O)OC(=O)CCl. The van der Waals surface area contributed by atoms with Crippen LogP contribution in [0.2, 0.25) is 0 Å². The third-order valence-electron chi connectivity index (χ3n) is 3.48. The van der Waals surface area contributed by atoms with Crippen molar-refractivity contribution in [3.63, 3.8) is 0 Å². The number of rotatable bonds is 14. The summed E-state index contributed by atoms with van der Waals surface area (Å²) in [5.74, 6) is -1.39. The predicted molar refractivity (Wildman–Crippen MR) is 92.0 cm³/mol. The lowest BCUT2D eigenvalue weighted by Gasteiger charge is -2.01. The molecule has 0 bridgehead atoms. The Bertz CT molecular complexity index is 313. The summed E-state index contributed by atoms with van der Waals surface area (Å²) in [5.41, 5.74) is 0. The first-order chi connectivity index (χ1) is 10.7. The molecule has 0 unspecified atom stereocenters. The Balaban J connectivity index is 3.25. The number of allylic oxidation sites excluding steroid dienone is 2. The van der Waals surface area contributed by atoms with Crippen LogP contribution in [0.15, 0.2) is 12.2 Å². The quantitative estimate of drug-likeness (QED) is 0.138. The average Bonchev–Trinajstić information content (AvgIpc) is 2.51. The Morgan fingerprint density at radius 3 is 1.95 bits per heavy atom. The smallest absolute Gasteiger partial charge is 0.328 e. The van der Waals surface area contributed by atoms with Crippen LogP contribution in [0.25, 0.3) is 0 Å². The van der Waals surface area contributed by atoms with E-state index < -0.39 is 11.9 Å². The average molecular weight is 331 g/mol. The normalized spacial score (nSPS) is 11.0. The van der Waals surface area contributed by atoms with Crippen LogP contribution in [-0.4, -0.2) is 17.8 Å². The summed E-state index contributed by atoms with van der Waals surface area (Å²) < 4.78 is 4.49. The highest BCUT2D eigenvalue weighted by Gasteiger charge is 2.08. The third kappa shape index (κ3) is 15.6. The van der Waals surface area contributed by atoms with Gasteiger partial charge in [0.1, 0.15) is 5.88 Å². The number of carbonyl (C=O) groups is 2. The van der Waals surface area contributed by atoms with Crippen molar-refractivity contribution in [3.05, 3.63) is 12.2 Å². The van der Waals surface area contributed by atoms with Gasteiger partial charge in [-0.2, -0.15) is 0 Å². The van der Waals surface area contributed by atoms with E-state index in [-0.39, 0.29) is 5.88 Å². The summed E-state index contributed by atoms with van der Waals surface area (Å²) in [6, 6.07) is 0. The summed E-state index contributed by atoms with van der Waals surface area (Å²) in [6.07, 6.45) is 17.9. The molecule has 3 nitrogen and oxygen atoms in total. The molecule has 0 saturated heterocycles. The Morgan fingerprint density at radius 2 is 1.36 bits per heavy atom. The van der Waals surface area contributed by atoms with Crippen LogP contribution in [0.5, 0.6) is 0 Å². The molecule has 0 rings (SSSR count). The van der Waals surface area contributed by atoms with Crippen molar-refractivity contribution in [2.24, 2.45) is 0 Å². The minimum atomic E-state index is -0.659. The van der Waals surface area contributed by atoms with E-state index in [4.69, 9.17) is 11.6 Å². The van der Waals surface area contributed by atoms with Crippen LogP contribution in [0.4, 0.5) is 0 Å². The lowest BCUT2D eigenvalue weighted by atomic mass is 10.1. The third-order valence-corrected chi connectivity index (χ3v) is 3.70. The van der Waals surface area contributed by atoms with Gasteiger partial charge in [0, 0.05) is 6.42 Å². The molecule has 0 heterocycles. The van der Waals surface area contributed by atoms with E-state index in [1.54, 1.807) is 0 Å². The molecule has 0 saturated carbocycles. The van der Waals surface area contributed by atoms with Gasteiger partial charge in [0.2, 0.25) is 0 Å². The molecular weight excluding hydrogens is 300 g/mol. The lowest BCUT2D eigenvalue weighted by Crippen LogP contribution is -2.12. The minimum absolute atomic E-state index is 0.266. The Labute approximate surface area is 140 Å². The van der Waals surface area contributed by atoms with Gasteiger partial charge < -0.3 is 4.74 Å². The molecule has 4 heteroatoms. The van der Waals surface area contributed by atoms with Crippen molar-refractivity contribution in [2.45, 2.75) is 84.0 Å². The summed E-state index contributed by atoms with van der Waals surface area (Å²) in [7, 11) is 0. The number of halogens is 1. The molecule has 0 fully saturated rings. The molecule has 0 atom stereocenters. The van der Waals surface area contributed by atoms with Gasteiger partial charge >= 0.3 is 11.9 Å². The highest BCUT2D eigenvalue weighted by atomic mass is 35.5. The minimum Gasteiger partial charge on any atom is -0.392 e. The Hall–Kier alpha value is -0.830. The topological polar surface area (TPSA) is 43.4 Å². The summed E-state index contributed by atoms with van der Waals surface area (Å²) in [6.45, 7) is 2.23. The van der Waals surface area contributed by atoms with Crippen LogP contribution < -0.4 is 0 Å². The zero-order valence-electron chi connectivity index (χ0n) is 13.9. The van der Waals surface area contributed by atoms with Gasteiger partial charge in [-0.15, -0.1) is 11.6 Å². The molecule has 0 aromatic rings. The van der Waals surface area contributed by atoms with Crippen molar-refractivity contribution in [2.75, 3.05) is 5.88 Å². The van der Waals surface area contributed by atoms with E-state index in [9.17, 15) is 9.59 Å². The maximum atomic E-state index is 11.2. The van der Waals surface area contributed by atoms with Crippen molar-refractivity contribution in [1.29, 1.82) is 0 Å². The second kappa shape index (κ2) is 16.5. The fourth-order valence-electron chi connectivity index (χ4n) is 2.19. The van der Waals surface area contributed by atoms with Crippen LogP contribution in [0, 0.1) is 0 Å². The second-order valence-corrected chi connectivity index (χ2v) is 5.87. The van der Waals surface area contributed by atoms with Crippen LogP contribution in [-0.2, 0) is 14.3 Å². The fraction of sp³-hybridized carbons (Fsp3) is 0.778. The van der Waals surface area contributed by atoms with E-state index in [0.717, 1.165) is 25.7 Å². The van der Waals surface area contributed by atoms with Gasteiger partial charge in [0.15, 0.2) is 0 Å². The summed E-state index contributed by atoms with van der Waals surface area (Å²) >= 11 is 5.25. The van der Waals surface area contributed by atoms with Crippen molar-refractivity contribution in [3.8, 4) is 0 Å². The summed E-state index contributed by atoms with van der Waals surface area (Å²) in [5, 5.41) is 0. The number of carbonyl (C=O) groups excluding carboxylic acids is 2. The number of esters is 2. The van der Waals surface area contributed by atoms with Crippen LogP contribution >= 0.6 is 11.6 Å². The molecule has 0 aliphatic heterocycles. The molecule has 0 N–H and O–H groups in total. The van der Waals surface area contributed by atoms with Gasteiger partial charge in [-0.25, -0.2) is 0 Å². The first-order valence-corrected chi connectivity index (χ1v) is 9.18. The molecule has 0 aromatic heterocycles. The van der Waals surface area contributed by atoms with Gasteiger partial charge in [0.25, 0.3) is 0 Å². The fourth-order valence-corrected chi connectivity index (χ4v) is 2.25. The molecule has 22 heavy (non-hydrogen) atoms. The number of unbranched alkanes of at least 4 members (excludes halogenated alkanes) is 9. The van der Waals surface area contributed by atoms with Crippen LogP contribution in [0.1, 0.15) is 84.0 Å². The van der Waals surface area contributed by atoms with Gasteiger partial charge in [0.05, 0.1) is 0 Å². The standard InChI is InChI=1S/C18H31ClO3/c1-2-3-4-5-6-7-8-9-10-11-12-13-14-15-17(20)22-18(21)16-19/h7-8H,2-6,9-16H2,1H3/b8-7-. The maximum Gasteiger partial charge on any atom is 0.328 e. The first kappa shape index (κ1) is 21.2. The van der Waals surface area contributed by atoms with Crippen LogP contribution in [0.3, 0.4) is 0 Å². The number of hydrogen-bond donors (Lipinski definition) is 0. The zero-order valence-corrected chi connectivity index (χ0v) is 14.7. The number of alkyl halides is 1. The first-order valence-electron chi connectivity index (χ1n) is 8.65. The second-order valence-electron chi connectivity index (χ2n) is 5.61. The van der Waals surface area contributed by atoms with E-state index in [1.807, 2.05) is 0 Å². The van der Waals surface area contributed by atoms with Gasteiger partial charge in [-0.3, -0.25) is 9.59 Å². The van der Waals surface area contributed by atoms with Crippen molar-refractivity contribution < 1.29 is 14.3 Å². The Kier molecular flexibility index (Phi) is 15.9. The van der Waals surface area contributed by atoms with Crippen molar-refractivity contribution >= 4 is 23.5 Å². The number of hydrogen-bond acceptors (Lipinski definition) is 3. The van der Waals surface area contributed by atoms with E-state index in [0.29, 0.717) is 6.42 Å². The van der Waals surface area contributed by atoms with E-state index in [2.05, 4.69) is 23.8 Å². The van der Waals surface area contributed by atoms with E-state index >= 15 is 0 Å². The van der Waals surface area contributed by atoms with Gasteiger partial charge in [-0.1, -0.05) is 57.6 Å². The zero-order chi connectivity index (χ0) is 16.5.